The van der Waals surface area contributed by atoms with Crippen LogP contribution in [0.4, 0.5) is 4.39 Å². The van der Waals surface area contributed by atoms with E-state index in [1.807, 2.05) is 6.07 Å². The molecule has 3 aliphatic rings. The van der Waals surface area contributed by atoms with E-state index in [0.29, 0.717) is 24.6 Å². The second-order valence-corrected chi connectivity index (χ2v) is 9.61. The molecule has 5 amide bonds. The molecule has 186 valence electrons. The van der Waals surface area contributed by atoms with E-state index in [0.717, 1.165) is 36.1 Å². The molecule has 2 aromatic rings. The van der Waals surface area contributed by atoms with Gasteiger partial charge in [-0.25, -0.2) is 4.39 Å². The summed E-state index contributed by atoms with van der Waals surface area (Å²) < 4.78 is 13.5. The maximum Gasteiger partial charge on any atom is 0.262 e. The maximum absolute atomic E-state index is 13.5. The number of amides is 5. The molecule has 2 fully saturated rings. The molecule has 1 N–H and O–H groups in total. The van der Waals surface area contributed by atoms with Gasteiger partial charge in [-0.15, -0.1) is 0 Å². The topological polar surface area (TPSA) is 104 Å². The number of hydrogen-bond donors (Lipinski definition) is 1. The van der Waals surface area contributed by atoms with Crippen molar-refractivity contribution in [1.82, 2.24) is 15.1 Å². The zero-order valence-corrected chi connectivity index (χ0v) is 19.7. The molecule has 0 spiro atoms. The predicted molar refractivity (Wildman–Crippen MR) is 126 cm³/mol. The Morgan fingerprint density at radius 2 is 1.69 bits per heavy atom. The van der Waals surface area contributed by atoms with Crippen molar-refractivity contribution in [1.29, 1.82) is 0 Å². The molecule has 2 aromatic carbocycles. The molecule has 8 nitrogen and oxygen atoms in total. The van der Waals surface area contributed by atoms with Gasteiger partial charge in [0.2, 0.25) is 11.8 Å². The van der Waals surface area contributed by atoms with Crippen LogP contribution in [0.25, 0.3) is 0 Å². The van der Waals surface area contributed by atoms with Crippen molar-refractivity contribution in [2.24, 2.45) is 5.92 Å². The predicted octanol–water partition coefficient (Wildman–Crippen LogP) is 2.71. The molecule has 36 heavy (non-hydrogen) atoms. The van der Waals surface area contributed by atoms with Crippen LogP contribution in [-0.4, -0.2) is 58.5 Å². The van der Waals surface area contributed by atoms with E-state index >= 15 is 0 Å². The fourth-order valence-corrected chi connectivity index (χ4v) is 5.27. The number of nitrogens with one attached hydrogen (secondary N) is 1. The summed E-state index contributed by atoms with van der Waals surface area (Å²) >= 11 is 0. The Kier molecular flexibility index (Phi) is 6.38. The van der Waals surface area contributed by atoms with Crippen molar-refractivity contribution >= 4 is 29.5 Å². The summed E-state index contributed by atoms with van der Waals surface area (Å²) in [6, 6.07) is 9.96. The number of nitrogens with zero attached hydrogens (tertiary/aromatic N) is 2. The van der Waals surface area contributed by atoms with Gasteiger partial charge in [0, 0.05) is 25.1 Å². The van der Waals surface area contributed by atoms with Gasteiger partial charge in [0.15, 0.2) is 0 Å². The molecule has 3 aliphatic heterocycles. The van der Waals surface area contributed by atoms with Crippen molar-refractivity contribution in [2.45, 2.75) is 44.6 Å². The highest BCUT2D eigenvalue weighted by atomic mass is 19.1. The van der Waals surface area contributed by atoms with Gasteiger partial charge >= 0.3 is 0 Å². The molecule has 0 aliphatic carbocycles. The first-order valence-electron chi connectivity index (χ1n) is 12.2. The van der Waals surface area contributed by atoms with Gasteiger partial charge in [0.1, 0.15) is 11.9 Å². The monoisotopic (exact) mass is 491 g/mol. The first kappa shape index (κ1) is 23.8. The SMILES string of the molecule is O=C1CCC(N2C(=O)c3ccc(CCC4CCN(C(=O)c5cccc(F)c5)CC4)cc3C2=O)C(=O)N1. The van der Waals surface area contributed by atoms with Crippen LogP contribution in [0.1, 0.15) is 68.7 Å². The molecule has 1 unspecified atom stereocenters. The Morgan fingerprint density at radius 3 is 2.42 bits per heavy atom. The summed E-state index contributed by atoms with van der Waals surface area (Å²) in [6.07, 6.45) is 3.49. The summed E-state index contributed by atoms with van der Waals surface area (Å²) in [5, 5.41) is 2.20. The highest BCUT2D eigenvalue weighted by Crippen LogP contribution is 2.30. The number of likely N-dealkylation sites (tertiary alicyclic amines) is 1. The van der Waals surface area contributed by atoms with E-state index in [4.69, 9.17) is 0 Å². The number of imide groups is 2. The lowest BCUT2D eigenvalue weighted by Gasteiger charge is -2.32. The summed E-state index contributed by atoms with van der Waals surface area (Å²) in [4.78, 5) is 64.9. The molecule has 0 radical (unpaired) electrons. The van der Waals surface area contributed by atoms with Gasteiger partial charge in [-0.05, 0) is 73.9 Å². The second kappa shape index (κ2) is 9.64. The Hall–Kier alpha value is -3.88. The lowest BCUT2D eigenvalue weighted by atomic mass is 9.89. The first-order chi connectivity index (χ1) is 17.3. The Morgan fingerprint density at radius 1 is 0.944 bits per heavy atom. The Bertz CT molecular complexity index is 1270. The molecule has 1 atom stereocenters. The molecule has 0 saturated carbocycles. The van der Waals surface area contributed by atoms with E-state index in [-0.39, 0.29) is 29.9 Å². The summed E-state index contributed by atoms with van der Waals surface area (Å²) in [6.45, 7) is 1.22. The number of carbonyl (C=O) groups excluding carboxylic acids is 5. The van der Waals surface area contributed by atoms with Crippen molar-refractivity contribution in [2.75, 3.05) is 13.1 Å². The maximum atomic E-state index is 13.5. The highest BCUT2D eigenvalue weighted by molar-refractivity contribution is 6.23. The molecule has 3 heterocycles. The lowest BCUT2D eigenvalue weighted by Crippen LogP contribution is -2.54. The van der Waals surface area contributed by atoms with Crippen LogP contribution in [0.2, 0.25) is 0 Å². The Labute approximate surface area is 207 Å². The molecule has 2 saturated heterocycles. The van der Waals surface area contributed by atoms with Gasteiger partial charge < -0.3 is 4.90 Å². The van der Waals surface area contributed by atoms with Crippen LogP contribution >= 0.6 is 0 Å². The van der Waals surface area contributed by atoms with Crippen LogP contribution in [0.5, 0.6) is 0 Å². The minimum absolute atomic E-state index is 0.0850. The van der Waals surface area contributed by atoms with Gasteiger partial charge in [-0.3, -0.25) is 34.2 Å². The number of piperidine rings is 2. The van der Waals surface area contributed by atoms with Crippen LogP contribution in [0.3, 0.4) is 0 Å². The third kappa shape index (κ3) is 4.53. The lowest BCUT2D eigenvalue weighted by molar-refractivity contribution is -0.136. The number of aryl methyl sites for hydroxylation is 1. The smallest absolute Gasteiger partial charge is 0.262 e. The van der Waals surface area contributed by atoms with Gasteiger partial charge in [0.25, 0.3) is 17.7 Å². The second-order valence-electron chi connectivity index (χ2n) is 9.61. The van der Waals surface area contributed by atoms with Crippen LogP contribution in [0, 0.1) is 11.7 Å². The van der Waals surface area contributed by atoms with Crippen molar-refractivity contribution in [3.63, 3.8) is 0 Å². The molecule has 0 bridgehead atoms. The molecular formula is C27H26FN3O5. The fourth-order valence-electron chi connectivity index (χ4n) is 5.27. The largest absolute Gasteiger partial charge is 0.339 e. The molecule has 0 aromatic heterocycles. The number of fused-ring (bicyclic) bond motifs is 1. The van der Waals surface area contributed by atoms with Crippen LogP contribution < -0.4 is 5.32 Å². The van der Waals surface area contributed by atoms with Crippen LogP contribution in [-0.2, 0) is 16.0 Å². The van der Waals surface area contributed by atoms with E-state index in [2.05, 4.69) is 5.32 Å². The summed E-state index contributed by atoms with van der Waals surface area (Å²) in [5.41, 5.74) is 1.85. The standard InChI is InChI=1S/C27H26FN3O5/c28-19-3-1-2-18(15-19)25(34)30-12-10-16(11-13-30)4-5-17-6-7-20-21(14-17)27(36)31(26(20)35)22-8-9-23(32)29-24(22)33/h1-3,6-7,14-16,22H,4-5,8-13H2,(H,29,32,33). The van der Waals surface area contributed by atoms with E-state index in [1.54, 1.807) is 23.1 Å². The van der Waals surface area contributed by atoms with E-state index < -0.39 is 35.5 Å². The molecule has 5 rings (SSSR count). The number of carbonyl (C=O) groups is 5. The number of benzene rings is 2. The van der Waals surface area contributed by atoms with Gasteiger partial charge in [-0.1, -0.05) is 12.1 Å². The minimum atomic E-state index is -0.973. The third-order valence-corrected chi connectivity index (χ3v) is 7.32. The van der Waals surface area contributed by atoms with Gasteiger partial charge in [0.05, 0.1) is 11.1 Å². The van der Waals surface area contributed by atoms with E-state index in [9.17, 15) is 28.4 Å². The summed E-state index contributed by atoms with van der Waals surface area (Å²) in [7, 11) is 0. The van der Waals surface area contributed by atoms with Crippen molar-refractivity contribution in [3.8, 4) is 0 Å². The van der Waals surface area contributed by atoms with Crippen LogP contribution in [0.15, 0.2) is 42.5 Å². The normalized spacial score (nSPS) is 20.5. The highest BCUT2D eigenvalue weighted by Gasteiger charge is 2.44. The minimum Gasteiger partial charge on any atom is -0.339 e. The molecule has 9 heteroatoms. The molecular weight excluding hydrogens is 465 g/mol. The zero-order valence-electron chi connectivity index (χ0n) is 19.7. The van der Waals surface area contributed by atoms with Crippen molar-refractivity contribution < 1.29 is 28.4 Å². The van der Waals surface area contributed by atoms with E-state index in [1.165, 1.54) is 18.2 Å². The van der Waals surface area contributed by atoms with Gasteiger partial charge in [-0.2, -0.15) is 0 Å². The third-order valence-electron chi connectivity index (χ3n) is 7.32. The summed E-state index contributed by atoms with van der Waals surface area (Å²) in [5.74, 6) is -2.21. The average Bonchev–Trinajstić information content (AvgIpc) is 3.12. The number of hydrogen-bond acceptors (Lipinski definition) is 5. The first-order valence-corrected chi connectivity index (χ1v) is 12.2. The fraction of sp³-hybridized carbons (Fsp3) is 0.370. The number of halogens is 1. The Balaban J connectivity index is 1.18. The quantitative estimate of drug-likeness (QED) is 0.648. The average molecular weight is 492 g/mol. The zero-order chi connectivity index (χ0) is 25.4. The number of rotatable bonds is 5. The van der Waals surface area contributed by atoms with Crippen molar-refractivity contribution in [3.05, 3.63) is 70.5 Å².